The van der Waals surface area contributed by atoms with Gasteiger partial charge in [-0.3, -0.25) is 14.9 Å². The lowest BCUT2D eigenvalue weighted by molar-refractivity contribution is -0.387. The van der Waals surface area contributed by atoms with Crippen LogP contribution in [0.25, 0.3) is 0 Å². The number of carbonyl (C=O) groups is 1. The van der Waals surface area contributed by atoms with E-state index in [1.165, 1.54) is 7.05 Å². The van der Waals surface area contributed by atoms with Gasteiger partial charge in [-0.15, -0.1) is 0 Å². The molecule has 1 N–H and O–H groups in total. The number of amides is 1. The molecule has 0 radical (unpaired) electrons. The van der Waals surface area contributed by atoms with Gasteiger partial charge in [0.15, 0.2) is 0 Å². The third-order valence-electron chi connectivity index (χ3n) is 2.36. The van der Waals surface area contributed by atoms with Gasteiger partial charge < -0.3 is 5.32 Å². The summed E-state index contributed by atoms with van der Waals surface area (Å²) in [4.78, 5) is 21.2. The number of hydrogen-bond acceptors (Lipinski definition) is 5. The monoisotopic (exact) mass is 305 g/mol. The van der Waals surface area contributed by atoms with Crippen LogP contribution in [0.4, 0.5) is 15.8 Å². The number of rotatable bonds is 5. The van der Waals surface area contributed by atoms with Gasteiger partial charge in [0.2, 0.25) is 21.7 Å². The van der Waals surface area contributed by atoms with Gasteiger partial charge in [0, 0.05) is 18.8 Å². The van der Waals surface area contributed by atoms with Gasteiger partial charge in [0.25, 0.3) is 0 Å². The Hall–Kier alpha value is -2.07. The zero-order valence-electron chi connectivity index (χ0n) is 10.7. The number of carbonyl (C=O) groups excluding carboxylic acids is 1. The summed E-state index contributed by atoms with van der Waals surface area (Å²) in [5, 5.41) is 12.8. The van der Waals surface area contributed by atoms with Crippen LogP contribution < -0.4 is 5.32 Å². The summed E-state index contributed by atoms with van der Waals surface area (Å²) < 4.78 is 36.1. The molecule has 110 valence electrons. The number of anilines is 1. The van der Waals surface area contributed by atoms with Gasteiger partial charge in [-0.25, -0.2) is 8.42 Å². The molecule has 0 atom stereocenters. The van der Waals surface area contributed by atoms with Crippen LogP contribution >= 0.6 is 0 Å². The molecule has 20 heavy (non-hydrogen) atoms. The van der Waals surface area contributed by atoms with Crippen molar-refractivity contribution in [2.24, 2.45) is 0 Å². The van der Waals surface area contributed by atoms with Crippen molar-refractivity contribution in [3.63, 3.8) is 0 Å². The van der Waals surface area contributed by atoms with Gasteiger partial charge >= 0.3 is 5.69 Å². The Kier molecular flexibility index (Phi) is 4.73. The quantitative estimate of drug-likeness (QED) is 0.631. The molecular formula is C10H12FN3O5S. The van der Waals surface area contributed by atoms with Crippen molar-refractivity contribution in [2.45, 2.75) is 0 Å². The molecular weight excluding hydrogens is 293 g/mol. The van der Waals surface area contributed by atoms with E-state index >= 15 is 0 Å². The van der Waals surface area contributed by atoms with Crippen LogP contribution in [0.3, 0.4) is 0 Å². The minimum Gasteiger partial charge on any atom is -0.325 e. The summed E-state index contributed by atoms with van der Waals surface area (Å²) in [6, 6.07) is 2.84. The highest BCUT2D eigenvalue weighted by molar-refractivity contribution is 7.88. The van der Waals surface area contributed by atoms with E-state index in [1.54, 1.807) is 0 Å². The van der Waals surface area contributed by atoms with Crippen molar-refractivity contribution in [1.29, 1.82) is 0 Å². The fourth-order valence-electron chi connectivity index (χ4n) is 1.25. The standard InChI is InChI=1S/C10H12FN3O5S/c1-13(20(2,18)19)6-10(15)12-7-3-4-8(11)9(5-7)14(16)17/h3-5H,6H2,1-2H3,(H,12,15). The number of benzene rings is 1. The van der Waals surface area contributed by atoms with Crippen molar-refractivity contribution < 1.29 is 22.5 Å². The molecule has 0 spiro atoms. The number of halogens is 1. The predicted octanol–water partition coefficient (Wildman–Crippen LogP) is 0.564. The summed E-state index contributed by atoms with van der Waals surface area (Å²) in [5.41, 5.74) is -0.774. The molecule has 0 aliphatic rings. The minimum atomic E-state index is -3.51. The van der Waals surface area contributed by atoms with Crippen LogP contribution in [0.1, 0.15) is 0 Å². The highest BCUT2D eigenvalue weighted by atomic mass is 32.2. The van der Waals surface area contributed by atoms with Crippen LogP contribution in [0.2, 0.25) is 0 Å². The Morgan fingerprint density at radius 1 is 1.50 bits per heavy atom. The molecule has 0 aliphatic heterocycles. The first kappa shape index (κ1) is 16.0. The van der Waals surface area contributed by atoms with Crippen molar-refractivity contribution in [2.75, 3.05) is 25.2 Å². The van der Waals surface area contributed by atoms with E-state index < -0.39 is 38.9 Å². The summed E-state index contributed by atoms with van der Waals surface area (Å²) in [6.07, 6.45) is 0.934. The maximum absolute atomic E-state index is 13.1. The largest absolute Gasteiger partial charge is 0.325 e. The Morgan fingerprint density at radius 2 is 2.10 bits per heavy atom. The van der Waals surface area contributed by atoms with Gasteiger partial charge in [0.05, 0.1) is 17.7 Å². The van der Waals surface area contributed by atoms with E-state index in [0.29, 0.717) is 0 Å². The Labute approximate surface area is 114 Å². The highest BCUT2D eigenvalue weighted by Gasteiger charge is 2.18. The number of hydrogen-bond donors (Lipinski definition) is 1. The number of nitrogens with zero attached hydrogens (tertiary/aromatic N) is 2. The maximum Gasteiger partial charge on any atom is 0.306 e. The predicted molar refractivity (Wildman–Crippen MR) is 69.2 cm³/mol. The summed E-state index contributed by atoms with van der Waals surface area (Å²) in [5.74, 6) is -1.72. The van der Waals surface area contributed by atoms with Crippen LogP contribution in [0.15, 0.2) is 18.2 Å². The highest BCUT2D eigenvalue weighted by Crippen LogP contribution is 2.21. The lowest BCUT2D eigenvalue weighted by Gasteiger charge is -2.13. The molecule has 0 fully saturated rings. The number of nitrogens with one attached hydrogen (secondary N) is 1. The van der Waals surface area contributed by atoms with Crippen LogP contribution in [0.5, 0.6) is 0 Å². The molecule has 1 rings (SSSR count). The van der Waals surface area contributed by atoms with E-state index in [4.69, 9.17) is 0 Å². The smallest absolute Gasteiger partial charge is 0.306 e. The van der Waals surface area contributed by atoms with Crippen molar-refractivity contribution in [3.8, 4) is 0 Å². The topological polar surface area (TPSA) is 110 Å². The number of likely N-dealkylation sites (N-methyl/N-ethyl adjacent to an activating group) is 1. The van der Waals surface area contributed by atoms with E-state index in [2.05, 4.69) is 5.32 Å². The van der Waals surface area contributed by atoms with Crippen LogP contribution in [-0.4, -0.2) is 43.4 Å². The van der Waals surface area contributed by atoms with E-state index in [-0.39, 0.29) is 5.69 Å². The molecule has 0 saturated heterocycles. The first-order valence-electron chi connectivity index (χ1n) is 5.26. The fourth-order valence-corrected chi connectivity index (χ4v) is 1.60. The summed E-state index contributed by atoms with van der Waals surface area (Å²) in [7, 11) is -2.30. The van der Waals surface area contributed by atoms with Crippen molar-refractivity contribution in [1.82, 2.24) is 4.31 Å². The average molecular weight is 305 g/mol. The fraction of sp³-hybridized carbons (Fsp3) is 0.300. The van der Waals surface area contributed by atoms with E-state index in [1.807, 2.05) is 0 Å². The molecule has 0 aliphatic carbocycles. The number of nitro benzene ring substituents is 1. The van der Waals surface area contributed by atoms with Crippen LogP contribution in [0, 0.1) is 15.9 Å². The minimum absolute atomic E-state index is 0.00463. The third kappa shape index (κ3) is 4.24. The summed E-state index contributed by atoms with van der Waals surface area (Å²) in [6.45, 7) is -0.454. The molecule has 8 nitrogen and oxygen atoms in total. The summed E-state index contributed by atoms with van der Waals surface area (Å²) >= 11 is 0. The second kappa shape index (κ2) is 5.92. The molecule has 1 aromatic carbocycles. The Bertz CT molecular complexity index is 646. The van der Waals surface area contributed by atoms with Gasteiger partial charge in [-0.05, 0) is 12.1 Å². The van der Waals surface area contributed by atoms with Gasteiger partial charge in [0.1, 0.15) is 0 Å². The van der Waals surface area contributed by atoms with Crippen LogP contribution in [-0.2, 0) is 14.8 Å². The Morgan fingerprint density at radius 3 is 2.60 bits per heavy atom. The van der Waals surface area contributed by atoms with E-state index in [0.717, 1.165) is 28.8 Å². The molecule has 1 amide bonds. The molecule has 0 bridgehead atoms. The first-order valence-corrected chi connectivity index (χ1v) is 7.11. The lowest BCUT2D eigenvalue weighted by Crippen LogP contribution is -2.34. The molecule has 0 aromatic heterocycles. The normalized spacial score (nSPS) is 11.4. The molecule has 1 aromatic rings. The molecule has 0 saturated carbocycles. The van der Waals surface area contributed by atoms with Crippen molar-refractivity contribution >= 4 is 27.3 Å². The second-order valence-electron chi connectivity index (χ2n) is 3.99. The zero-order chi connectivity index (χ0) is 15.5. The van der Waals surface area contributed by atoms with E-state index in [9.17, 15) is 27.7 Å². The molecule has 0 unspecified atom stereocenters. The SMILES string of the molecule is CN(CC(=O)Nc1ccc(F)c([N+](=O)[O-])c1)S(C)(=O)=O. The average Bonchev–Trinajstić information content (AvgIpc) is 2.29. The second-order valence-corrected chi connectivity index (χ2v) is 6.08. The number of nitro groups is 1. The number of sulfonamides is 1. The Balaban J connectivity index is 2.82. The molecule has 10 heteroatoms. The maximum atomic E-state index is 13.1. The zero-order valence-corrected chi connectivity index (χ0v) is 11.5. The van der Waals surface area contributed by atoms with Gasteiger partial charge in [-0.1, -0.05) is 0 Å². The van der Waals surface area contributed by atoms with Gasteiger partial charge in [-0.2, -0.15) is 8.70 Å². The molecule has 0 heterocycles. The third-order valence-corrected chi connectivity index (χ3v) is 3.62. The lowest BCUT2D eigenvalue weighted by atomic mass is 10.2. The van der Waals surface area contributed by atoms with Crippen molar-refractivity contribution in [3.05, 3.63) is 34.1 Å². The first-order chi connectivity index (χ1) is 9.11.